The van der Waals surface area contributed by atoms with Gasteiger partial charge in [0, 0.05) is 23.9 Å². The third kappa shape index (κ3) is 5.93. The molecule has 0 fully saturated rings. The second kappa shape index (κ2) is 11.4. The van der Waals surface area contributed by atoms with Gasteiger partial charge in [-0.25, -0.2) is 9.07 Å². The number of nitrogens with zero attached hydrogens (tertiary/aromatic N) is 3. The summed E-state index contributed by atoms with van der Waals surface area (Å²) in [5.74, 6) is -0.134. The van der Waals surface area contributed by atoms with Crippen LogP contribution in [0.4, 0.5) is 4.39 Å². The minimum Gasteiger partial charge on any atom is -0.489 e. The van der Waals surface area contributed by atoms with E-state index in [9.17, 15) is 14.4 Å². The van der Waals surface area contributed by atoms with Gasteiger partial charge in [-0.2, -0.15) is 10.4 Å². The highest BCUT2D eigenvalue weighted by atomic mass is 19.1. The van der Waals surface area contributed by atoms with Gasteiger partial charge in [-0.3, -0.25) is 4.79 Å². The Hall–Kier alpha value is -4.96. The zero-order valence-corrected chi connectivity index (χ0v) is 19.4. The number of amides is 1. The van der Waals surface area contributed by atoms with Gasteiger partial charge in [0.25, 0.3) is 5.91 Å². The first-order chi connectivity index (χ1) is 17.6. The minimum atomic E-state index is -0.486. The summed E-state index contributed by atoms with van der Waals surface area (Å²) in [5.41, 5.74) is 3.66. The molecule has 1 heterocycles. The molecule has 0 spiro atoms. The van der Waals surface area contributed by atoms with Crippen molar-refractivity contribution in [2.45, 2.75) is 6.61 Å². The summed E-state index contributed by atoms with van der Waals surface area (Å²) < 4.78 is 20.6. The molecule has 4 aromatic rings. The Balaban J connectivity index is 1.64. The lowest BCUT2D eigenvalue weighted by molar-refractivity contribution is -0.116. The molecular formula is C29H23FN4O2. The summed E-state index contributed by atoms with van der Waals surface area (Å²) in [5, 5.41) is 16.9. The van der Waals surface area contributed by atoms with Crippen LogP contribution in [-0.2, 0) is 11.4 Å². The number of halogens is 1. The maximum Gasteiger partial charge on any atom is 0.262 e. The molecule has 0 aliphatic rings. The van der Waals surface area contributed by atoms with Gasteiger partial charge in [-0.05, 0) is 60.2 Å². The molecule has 0 aliphatic heterocycles. The maximum atomic E-state index is 13.1. The fraction of sp³-hybridized carbons (Fsp3) is 0.0690. The molecule has 36 heavy (non-hydrogen) atoms. The van der Waals surface area contributed by atoms with Crippen LogP contribution in [0.25, 0.3) is 23.0 Å². The van der Waals surface area contributed by atoms with E-state index < -0.39 is 5.91 Å². The normalized spacial score (nSPS) is 10.9. The molecule has 1 amide bonds. The zero-order chi connectivity index (χ0) is 25.3. The summed E-state index contributed by atoms with van der Waals surface area (Å²) >= 11 is 0. The van der Waals surface area contributed by atoms with Crippen LogP contribution in [0, 0.1) is 17.1 Å². The zero-order valence-electron chi connectivity index (χ0n) is 19.4. The number of carbonyl (C=O) groups is 1. The molecule has 4 rings (SSSR count). The van der Waals surface area contributed by atoms with E-state index in [2.05, 4.69) is 11.9 Å². The highest BCUT2D eigenvalue weighted by Crippen LogP contribution is 2.28. The lowest BCUT2D eigenvalue weighted by Crippen LogP contribution is -2.24. The molecule has 0 atom stereocenters. The van der Waals surface area contributed by atoms with Crippen LogP contribution < -0.4 is 10.1 Å². The average molecular weight is 479 g/mol. The monoisotopic (exact) mass is 478 g/mol. The molecule has 1 aromatic heterocycles. The van der Waals surface area contributed by atoms with E-state index in [0.29, 0.717) is 23.6 Å². The van der Waals surface area contributed by atoms with Gasteiger partial charge in [-0.15, -0.1) is 6.58 Å². The topological polar surface area (TPSA) is 79.9 Å². The van der Waals surface area contributed by atoms with Crippen molar-refractivity contribution in [3.05, 3.63) is 120 Å². The molecule has 0 bridgehead atoms. The van der Waals surface area contributed by atoms with E-state index in [1.165, 1.54) is 18.2 Å². The molecule has 1 N–H and O–H groups in total. The summed E-state index contributed by atoms with van der Waals surface area (Å²) in [6.07, 6.45) is 4.85. The van der Waals surface area contributed by atoms with Crippen molar-refractivity contribution in [3.63, 3.8) is 0 Å². The number of hydrogen-bond acceptors (Lipinski definition) is 4. The van der Waals surface area contributed by atoms with E-state index >= 15 is 0 Å². The first-order valence-corrected chi connectivity index (χ1v) is 11.2. The first-order valence-electron chi connectivity index (χ1n) is 11.2. The van der Waals surface area contributed by atoms with Crippen molar-refractivity contribution >= 4 is 12.0 Å². The largest absolute Gasteiger partial charge is 0.489 e. The van der Waals surface area contributed by atoms with Gasteiger partial charge >= 0.3 is 0 Å². The third-order valence-corrected chi connectivity index (χ3v) is 5.28. The first kappa shape index (κ1) is 24.2. The van der Waals surface area contributed by atoms with Gasteiger partial charge in [0.2, 0.25) is 0 Å². The van der Waals surface area contributed by atoms with Crippen LogP contribution in [0.1, 0.15) is 11.1 Å². The average Bonchev–Trinajstić information content (AvgIpc) is 3.34. The predicted octanol–water partition coefficient (Wildman–Crippen LogP) is 5.47. The number of ether oxygens (including phenoxy) is 1. The number of para-hydroxylation sites is 1. The predicted molar refractivity (Wildman–Crippen MR) is 137 cm³/mol. The van der Waals surface area contributed by atoms with E-state index in [1.807, 2.05) is 60.7 Å². The Bertz CT molecular complexity index is 1420. The fourth-order valence-electron chi connectivity index (χ4n) is 3.45. The van der Waals surface area contributed by atoms with Crippen molar-refractivity contribution in [3.8, 4) is 28.8 Å². The van der Waals surface area contributed by atoms with Crippen LogP contribution in [0.3, 0.4) is 0 Å². The maximum absolute atomic E-state index is 13.1. The summed E-state index contributed by atoms with van der Waals surface area (Å²) in [6, 6.07) is 25.0. The number of nitriles is 1. The second-order valence-corrected chi connectivity index (χ2v) is 7.82. The number of benzene rings is 3. The van der Waals surface area contributed by atoms with Crippen LogP contribution >= 0.6 is 0 Å². The number of rotatable bonds is 9. The van der Waals surface area contributed by atoms with Crippen molar-refractivity contribution in [2.24, 2.45) is 0 Å². The molecule has 0 radical (unpaired) electrons. The molecule has 7 heteroatoms. The van der Waals surface area contributed by atoms with E-state index in [1.54, 1.807) is 29.1 Å². The molecule has 0 unspecified atom stereocenters. The quantitative estimate of drug-likeness (QED) is 0.197. The number of aromatic nitrogens is 2. The molecule has 6 nitrogen and oxygen atoms in total. The third-order valence-electron chi connectivity index (χ3n) is 5.28. The van der Waals surface area contributed by atoms with Crippen molar-refractivity contribution in [1.29, 1.82) is 5.26 Å². The SMILES string of the molecule is C=CCNC(=O)/C(C#N)=C\c1cn(-c2ccccc2)nc1-c1ccc(OCc2ccc(F)cc2)cc1. The van der Waals surface area contributed by atoms with E-state index in [4.69, 9.17) is 9.84 Å². The van der Waals surface area contributed by atoms with Crippen LogP contribution in [0.5, 0.6) is 5.75 Å². The second-order valence-electron chi connectivity index (χ2n) is 7.82. The summed E-state index contributed by atoms with van der Waals surface area (Å²) in [6.45, 7) is 4.14. The van der Waals surface area contributed by atoms with Gasteiger partial charge in [0.1, 0.15) is 29.8 Å². The number of carbonyl (C=O) groups excluding carboxylic acids is 1. The van der Waals surface area contributed by atoms with Crippen molar-refractivity contribution in [1.82, 2.24) is 15.1 Å². The Morgan fingerprint density at radius 2 is 1.81 bits per heavy atom. The highest BCUT2D eigenvalue weighted by molar-refractivity contribution is 6.02. The van der Waals surface area contributed by atoms with Gasteiger partial charge in [0.05, 0.1) is 11.4 Å². The summed E-state index contributed by atoms with van der Waals surface area (Å²) in [4.78, 5) is 12.4. The van der Waals surface area contributed by atoms with E-state index in [-0.39, 0.29) is 17.9 Å². The van der Waals surface area contributed by atoms with Crippen molar-refractivity contribution < 1.29 is 13.9 Å². The molecular weight excluding hydrogens is 455 g/mol. The smallest absolute Gasteiger partial charge is 0.262 e. The molecule has 0 saturated heterocycles. The van der Waals surface area contributed by atoms with Gasteiger partial charge in [-0.1, -0.05) is 36.4 Å². The lowest BCUT2D eigenvalue weighted by Gasteiger charge is -2.07. The molecule has 0 aliphatic carbocycles. The number of nitrogens with one attached hydrogen (secondary N) is 1. The number of hydrogen-bond donors (Lipinski definition) is 1. The summed E-state index contributed by atoms with van der Waals surface area (Å²) in [7, 11) is 0. The molecule has 0 saturated carbocycles. The standard InChI is InChI=1S/C29H23FN4O2/c1-2-16-32-29(35)23(18-31)17-24-19-34(26-6-4-3-5-7-26)33-28(24)22-10-14-27(15-11-22)36-20-21-8-12-25(30)13-9-21/h2-15,17,19H,1,16,20H2,(H,32,35)/b23-17-. The Morgan fingerprint density at radius 3 is 2.47 bits per heavy atom. The van der Waals surface area contributed by atoms with Gasteiger partial charge in [0.15, 0.2) is 0 Å². The molecule has 3 aromatic carbocycles. The highest BCUT2D eigenvalue weighted by Gasteiger charge is 2.15. The minimum absolute atomic E-state index is 0.0371. The Labute approximate surface area is 208 Å². The van der Waals surface area contributed by atoms with Crippen molar-refractivity contribution in [2.75, 3.05) is 6.54 Å². The Morgan fingerprint density at radius 1 is 1.08 bits per heavy atom. The Kier molecular flexibility index (Phi) is 7.69. The molecule has 178 valence electrons. The van der Waals surface area contributed by atoms with Crippen LogP contribution in [0.2, 0.25) is 0 Å². The van der Waals surface area contributed by atoms with E-state index in [0.717, 1.165) is 16.8 Å². The van der Waals surface area contributed by atoms with Crippen LogP contribution in [0.15, 0.2) is 103 Å². The lowest BCUT2D eigenvalue weighted by atomic mass is 10.1. The van der Waals surface area contributed by atoms with Gasteiger partial charge < -0.3 is 10.1 Å². The fourth-order valence-corrected chi connectivity index (χ4v) is 3.45. The van der Waals surface area contributed by atoms with Crippen LogP contribution in [-0.4, -0.2) is 22.2 Å².